The summed E-state index contributed by atoms with van der Waals surface area (Å²) in [5.74, 6) is 0.122. The van der Waals surface area contributed by atoms with Gasteiger partial charge in [0, 0.05) is 5.92 Å². The Morgan fingerprint density at radius 1 is 1.07 bits per heavy atom. The summed E-state index contributed by atoms with van der Waals surface area (Å²) in [7, 11) is 0. The fourth-order valence-corrected chi connectivity index (χ4v) is 3.45. The quantitative estimate of drug-likeness (QED) is 0.686. The smallest absolute Gasteiger partial charge is 0.220 e. The third-order valence-electron chi connectivity index (χ3n) is 4.26. The van der Waals surface area contributed by atoms with Crippen molar-refractivity contribution in [2.75, 3.05) is 0 Å². The SMILES string of the molecule is NC(=O)C1CCCC2(CCCCC2)C1. The molecule has 0 heterocycles. The van der Waals surface area contributed by atoms with Crippen LogP contribution in [0, 0.1) is 11.3 Å². The minimum Gasteiger partial charge on any atom is -0.369 e. The normalized spacial score (nSPS) is 31.6. The second kappa shape index (κ2) is 3.92. The molecule has 14 heavy (non-hydrogen) atoms. The second-order valence-corrected chi connectivity index (χ2v) is 5.26. The third-order valence-corrected chi connectivity index (χ3v) is 4.26. The van der Waals surface area contributed by atoms with Gasteiger partial charge in [-0.2, -0.15) is 0 Å². The van der Waals surface area contributed by atoms with E-state index in [1.807, 2.05) is 0 Å². The number of nitrogens with two attached hydrogens (primary N) is 1. The minimum absolute atomic E-state index is 0.0605. The standard InChI is InChI=1S/C12H21NO/c13-11(14)10-5-4-8-12(9-10)6-2-1-3-7-12/h10H,1-9H2,(H2,13,14). The van der Waals surface area contributed by atoms with E-state index in [-0.39, 0.29) is 11.8 Å². The van der Waals surface area contributed by atoms with Crippen LogP contribution in [0.2, 0.25) is 0 Å². The van der Waals surface area contributed by atoms with Gasteiger partial charge in [-0.3, -0.25) is 4.79 Å². The highest BCUT2D eigenvalue weighted by Crippen LogP contribution is 2.49. The van der Waals surface area contributed by atoms with Gasteiger partial charge in [0.25, 0.3) is 0 Å². The molecule has 1 spiro atoms. The highest BCUT2D eigenvalue weighted by molar-refractivity contribution is 5.76. The third kappa shape index (κ3) is 1.94. The summed E-state index contributed by atoms with van der Waals surface area (Å²) < 4.78 is 0. The first kappa shape index (κ1) is 10.0. The van der Waals surface area contributed by atoms with E-state index in [1.54, 1.807) is 0 Å². The Balaban J connectivity index is 2.01. The number of carbonyl (C=O) groups excluding carboxylic acids is 1. The van der Waals surface area contributed by atoms with Gasteiger partial charge >= 0.3 is 0 Å². The van der Waals surface area contributed by atoms with Crippen molar-refractivity contribution in [1.82, 2.24) is 0 Å². The molecule has 1 atom stereocenters. The van der Waals surface area contributed by atoms with Crippen molar-refractivity contribution >= 4 is 5.91 Å². The van der Waals surface area contributed by atoms with E-state index in [1.165, 1.54) is 44.9 Å². The first-order valence-electron chi connectivity index (χ1n) is 6.01. The van der Waals surface area contributed by atoms with Crippen LogP contribution in [0.5, 0.6) is 0 Å². The maximum Gasteiger partial charge on any atom is 0.220 e. The van der Waals surface area contributed by atoms with Crippen LogP contribution in [0.15, 0.2) is 0 Å². The van der Waals surface area contributed by atoms with Crippen LogP contribution >= 0.6 is 0 Å². The molecule has 0 saturated heterocycles. The molecule has 0 bridgehead atoms. The molecule has 1 unspecified atom stereocenters. The molecule has 0 aliphatic heterocycles. The zero-order valence-corrected chi connectivity index (χ0v) is 8.93. The van der Waals surface area contributed by atoms with E-state index in [0.29, 0.717) is 5.41 Å². The molecule has 2 saturated carbocycles. The van der Waals surface area contributed by atoms with Crippen LogP contribution in [0.3, 0.4) is 0 Å². The van der Waals surface area contributed by atoms with Crippen molar-refractivity contribution in [2.24, 2.45) is 17.1 Å². The summed E-state index contributed by atoms with van der Waals surface area (Å²) in [5.41, 5.74) is 5.93. The predicted octanol–water partition coefficient (Wildman–Crippen LogP) is 2.61. The monoisotopic (exact) mass is 195 g/mol. The average molecular weight is 195 g/mol. The number of primary amides is 1. The highest BCUT2D eigenvalue weighted by Gasteiger charge is 2.38. The molecule has 2 aliphatic rings. The summed E-state index contributed by atoms with van der Waals surface area (Å²) in [4.78, 5) is 11.2. The van der Waals surface area contributed by atoms with Crippen molar-refractivity contribution in [3.8, 4) is 0 Å². The van der Waals surface area contributed by atoms with Crippen LogP contribution in [-0.2, 0) is 4.79 Å². The summed E-state index contributed by atoms with van der Waals surface area (Å²) >= 11 is 0. The highest BCUT2D eigenvalue weighted by atomic mass is 16.1. The van der Waals surface area contributed by atoms with Crippen LogP contribution < -0.4 is 5.73 Å². The van der Waals surface area contributed by atoms with Crippen molar-refractivity contribution in [3.05, 3.63) is 0 Å². The first-order valence-corrected chi connectivity index (χ1v) is 6.01. The van der Waals surface area contributed by atoms with E-state index in [4.69, 9.17) is 5.73 Å². The molecule has 1 amide bonds. The number of hydrogen-bond donors (Lipinski definition) is 1. The van der Waals surface area contributed by atoms with Gasteiger partial charge in [-0.25, -0.2) is 0 Å². The van der Waals surface area contributed by atoms with Crippen molar-refractivity contribution in [3.63, 3.8) is 0 Å². The Kier molecular flexibility index (Phi) is 2.80. The Morgan fingerprint density at radius 3 is 2.36 bits per heavy atom. The van der Waals surface area contributed by atoms with Gasteiger partial charge in [-0.05, 0) is 37.5 Å². The van der Waals surface area contributed by atoms with Crippen LogP contribution in [0.4, 0.5) is 0 Å². The topological polar surface area (TPSA) is 43.1 Å². The molecule has 2 aliphatic carbocycles. The van der Waals surface area contributed by atoms with Gasteiger partial charge in [-0.1, -0.05) is 25.7 Å². The van der Waals surface area contributed by atoms with Gasteiger partial charge in [0.2, 0.25) is 5.91 Å². The Labute approximate surface area is 86.2 Å². The fraction of sp³-hybridized carbons (Fsp3) is 0.917. The fourth-order valence-electron chi connectivity index (χ4n) is 3.45. The molecule has 2 nitrogen and oxygen atoms in total. The lowest BCUT2D eigenvalue weighted by molar-refractivity contribution is -0.124. The lowest BCUT2D eigenvalue weighted by Gasteiger charge is -2.43. The lowest BCUT2D eigenvalue weighted by atomic mass is 9.62. The number of rotatable bonds is 1. The lowest BCUT2D eigenvalue weighted by Crippen LogP contribution is -2.36. The van der Waals surface area contributed by atoms with Crippen LogP contribution in [0.25, 0.3) is 0 Å². The molecule has 2 heteroatoms. The molecule has 2 N–H and O–H groups in total. The Morgan fingerprint density at radius 2 is 1.71 bits per heavy atom. The minimum atomic E-state index is -0.0605. The molecule has 80 valence electrons. The van der Waals surface area contributed by atoms with E-state index < -0.39 is 0 Å². The molecule has 2 fully saturated rings. The van der Waals surface area contributed by atoms with Crippen LogP contribution in [-0.4, -0.2) is 5.91 Å². The number of hydrogen-bond acceptors (Lipinski definition) is 1. The maximum absolute atomic E-state index is 11.2. The van der Waals surface area contributed by atoms with Crippen molar-refractivity contribution in [2.45, 2.75) is 57.8 Å². The molecule has 0 aromatic heterocycles. The van der Waals surface area contributed by atoms with Gasteiger partial charge < -0.3 is 5.73 Å². The van der Waals surface area contributed by atoms with Gasteiger partial charge in [-0.15, -0.1) is 0 Å². The average Bonchev–Trinajstić information content (AvgIpc) is 2.19. The maximum atomic E-state index is 11.2. The first-order chi connectivity index (χ1) is 6.72. The van der Waals surface area contributed by atoms with Gasteiger partial charge in [0.1, 0.15) is 0 Å². The number of carbonyl (C=O) groups is 1. The molecular weight excluding hydrogens is 174 g/mol. The van der Waals surface area contributed by atoms with E-state index in [9.17, 15) is 4.79 Å². The zero-order chi connectivity index (χ0) is 10.0. The van der Waals surface area contributed by atoms with E-state index >= 15 is 0 Å². The Bertz CT molecular complexity index is 213. The zero-order valence-electron chi connectivity index (χ0n) is 8.93. The van der Waals surface area contributed by atoms with Crippen molar-refractivity contribution in [1.29, 1.82) is 0 Å². The largest absolute Gasteiger partial charge is 0.369 e. The second-order valence-electron chi connectivity index (χ2n) is 5.26. The van der Waals surface area contributed by atoms with E-state index in [2.05, 4.69) is 0 Å². The van der Waals surface area contributed by atoms with Gasteiger partial charge in [0.15, 0.2) is 0 Å². The number of amides is 1. The predicted molar refractivity (Wildman–Crippen MR) is 56.7 cm³/mol. The molecule has 2 rings (SSSR count). The summed E-state index contributed by atoms with van der Waals surface area (Å²) in [6.07, 6.45) is 11.5. The Hall–Kier alpha value is -0.530. The molecular formula is C12H21NO. The summed E-state index contributed by atoms with van der Waals surface area (Å²) in [6, 6.07) is 0. The summed E-state index contributed by atoms with van der Waals surface area (Å²) in [6.45, 7) is 0. The van der Waals surface area contributed by atoms with Gasteiger partial charge in [0.05, 0.1) is 0 Å². The van der Waals surface area contributed by atoms with Crippen molar-refractivity contribution < 1.29 is 4.79 Å². The molecule has 0 aromatic carbocycles. The van der Waals surface area contributed by atoms with Crippen LogP contribution in [0.1, 0.15) is 57.8 Å². The van der Waals surface area contributed by atoms with E-state index in [0.717, 1.165) is 12.8 Å². The summed E-state index contributed by atoms with van der Waals surface area (Å²) in [5, 5.41) is 0. The molecule has 0 radical (unpaired) electrons. The molecule has 0 aromatic rings.